The second-order valence-corrected chi connectivity index (χ2v) is 6.10. The maximum atomic E-state index is 11.9. The van der Waals surface area contributed by atoms with Crippen molar-refractivity contribution in [1.82, 2.24) is 10.3 Å². The van der Waals surface area contributed by atoms with E-state index in [1.165, 1.54) is 16.6 Å². The Bertz CT molecular complexity index is 673. The molecule has 2 aromatic rings. The maximum Gasteiger partial charge on any atom is 0.222 e. The molecule has 1 aromatic heterocycles. The lowest BCUT2D eigenvalue weighted by molar-refractivity contribution is -0.124. The van der Waals surface area contributed by atoms with Crippen molar-refractivity contribution in [3.05, 3.63) is 29.5 Å². The highest BCUT2D eigenvalue weighted by molar-refractivity contribution is 5.86. The van der Waals surface area contributed by atoms with Gasteiger partial charge in [0, 0.05) is 28.6 Å². The van der Waals surface area contributed by atoms with Gasteiger partial charge in [-0.2, -0.15) is 0 Å². The van der Waals surface area contributed by atoms with Crippen LogP contribution in [-0.2, 0) is 17.6 Å². The first-order valence-electron chi connectivity index (χ1n) is 7.56. The van der Waals surface area contributed by atoms with Crippen LogP contribution in [0.3, 0.4) is 0 Å². The minimum absolute atomic E-state index is 0.0365. The minimum Gasteiger partial charge on any atom is -0.497 e. The van der Waals surface area contributed by atoms with Gasteiger partial charge in [-0.1, -0.05) is 13.8 Å². The Morgan fingerprint density at radius 1 is 1.43 bits per heavy atom. The number of rotatable bonds is 3. The normalized spacial score (nSPS) is 17.8. The number of carbonyl (C=O) groups is 1. The van der Waals surface area contributed by atoms with E-state index in [4.69, 9.17) is 4.74 Å². The summed E-state index contributed by atoms with van der Waals surface area (Å²) in [5, 5.41) is 4.37. The molecule has 112 valence electrons. The van der Waals surface area contributed by atoms with Crippen LogP contribution in [0.25, 0.3) is 10.9 Å². The summed E-state index contributed by atoms with van der Waals surface area (Å²) in [6, 6.07) is 6.35. The summed E-state index contributed by atoms with van der Waals surface area (Å²) in [6.45, 7) is 3.86. The number of hydrogen-bond acceptors (Lipinski definition) is 2. The molecule has 0 radical (unpaired) electrons. The summed E-state index contributed by atoms with van der Waals surface area (Å²) >= 11 is 0. The van der Waals surface area contributed by atoms with Gasteiger partial charge in [0.15, 0.2) is 0 Å². The van der Waals surface area contributed by atoms with Crippen molar-refractivity contribution in [3.8, 4) is 5.75 Å². The third kappa shape index (κ3) is 2.62. The second kappa shape index (κ2) is 5.43. The number of amides is 1. The van der Waals surface area contributed by atoms with Crippen LogP contribution in [0, 0.1) is 5.92 Å². The highest BCUT2D eigenvalue weighted by Crippen LogP contribution is 2.31. The molecule has 1 aliphatic carbocycles. The van der Waals surface area contributed by atoms with Crippen LogP contribution in [0.5, 0.6) is 5.75 Å². The zero-order chi connectivity index (χ0) is 15.0. The first kappa shape index (κ1) is 14.0. The first-order chi connectivity index (χ1) is 10.1. The summed E-state index contributed by atoms with van der Waals surface area (Å²) in [7, 11) is 1.69. The van der Waals surface area contributed by atoms with Gasteiger partial charge < -0.3 is 15.0 Å². The van der Waals surface area contributed by atoms with Crippen LogP contribution in [0.15, 0.2) is 18.2 Å². The van der Waals surface area contributed by atoms with Crippen molar-refractivity contribution < 1.29 is 9.53 Å². The molecule has 1 heterocycles. The van der Waals surface area contributed by atoms with Crippen LogP contribution in [-0.4, -0.2) is 24.0 Å². The number of fused-ring (bicyclic) bond motifs is 3. The van der Waals surface area contributed by atoms with Gasteiger partial charge in [-0.15, -0.1) is 0 Å². The van der Waals surface area contributed by atoms with Crippen molar-refractivity contribution in [1.29, 1.82) is 0 Å². The van der Waals surface area contributed by atoms with Gasteiger partial charge in [0.05, 0.1) is 7.11 Å². The molecular formula is C17H22N2O2. The monoisotopic (exact) mass is 286 g/mol. The molecule has 1 aliphatic rings. The smallest absolute Gasteiger partial charge is 0.222 e. The minimum atomic E-state index is 0.0365. The van der Waals surface area contributed by atoms with E-state index in [0.29, 0.717) is 0 Å². The number of carbonyl (C=O) groups excluding carboxylic acids is 1. The van der Waals surface area contributed by atoms with E-state index < -0.39 is 0 Å². The number of H-pyrrole nitrogens is 1. The van der Waals surface area contributed by atoms with Gasteiger partial charge in [0.25, 0.3) is 0 Å². The molecule has 4 heteroatoms. The summed E-state index contributed by atoms with van der Waals surface area (Å²) < 4.78 is 5.32. The van der Waals surface area contributed by atoms with Crippen LogP contribution in [0.1, 0.15) is 31.5 Å². The molecule has 1 unspecified atom stereocenters. The molecule has 0 saturated heterocycles. The van der Waals surface area contributed by atoms with Crippen LogP contribution >= 0.6 is 0 Å². The Morgan fingerprint density at radius 3 is 2.95 bits per heavy atom. The summed E-state index contributed by atoms with van der Waals surface area (Å²) in [5.41, 5.74) is 3.77. The molecule has 0 fully saturated rings. The molecule has 2 N–H and O–H groups in total. The molecule has 1 aromatic carbocycles. The molecule has 0 saturated carbocycles. The lowest BCUT2D eigenvalue weighted by Crippen LogP contribution is -2.40. The molecule has 0 spiro atoms. The summed E-state index contributed by atoms with van der Waals surface area (Å²) in [5.74, 6) is 1.05. The van der Waals surface area contributed by atoms with Crippen LogP contribution in [0.2, 0.25) is 0 Å². The molecule has 3 rings (SSSR count). The van der Waals surface area contributed by atoms with Crippen LogP contribution < -0.4 is 10.1 Å². The van der Waals surface area contributed by atoms with Gasteiger partial charge >= 0.3 is 0 Å². The van der Waals surface area contributed by atoms with Crippen LogP contribution in [0.4, 0.5) is 0 Å². The number of aromatic amines is 1. The Kier molecular flexibility index (Phi) is 3.62. The van der Waals surface area contributed by atoms with E-state index in [1.807, 2.05) is 19.9 Å². The standard InChI is InChI=1S/C17H22N2O2/c1-10(2)17(20)18-11-4-6-15-13(8-11)14-9-12(21-3)5-7-16(14)19-15/h5,7,9-11,19H,4,6,8H2,1-3H3,(H,18,20). The quantitative estimate of drug-likeness (QED) is 0.911. The van der Waals surface area contributed by atoms with E-state index in [0.717, 1.165) is 30.5 Å². The van der Waals surface area contributed by atoms with Gasteiger partial charge in [-0.05, 0) is 43.0 Å². The number of aryl methyl sites for hydroxylation is 1. The van der Waals surface area contributed by atoms with Crippen molar-refractivity contribution in [2.45, 2.75) is 39.2 Å². The largest absolute Gasteiger partial charge is 0.497 e. The van der Waals surface area contributed by atoms with Gasteiger partial charge in [-0.25, -0.2) is 0 Å². The summed E-state index contributed by atoms with van der Waals surface area (Å²) in [4.78, 5) is 15.4. The molecule has 0 bridgehead atoms. The lowest BCUT2D eigenvalue weighted by Gasteiger charge is -2.24. The third-order valence-electron chi connectivity index (χ3n) is 4.27. The fourth-order valence-electron chi connectivity index (χ4n) is 3.01. The number of hydrogen-bond donors (Lipinski definition) is 2. The third-order valence-corrected chi connectivity index (χ3v) is 4.27. The van der Waals surface area contributed by atoms with E-state index in [9.17, 15) is 4.79 Å². The predicted molar refractivity (Wildman–Crippen MR) is 83.6 cm³/mol. The molecule has 0 aliphatic heterocycles. The van der Waals surface area contributed by atoms with Crippen molar-refractivity contribution >= 4 is 16.8 Å². The fraction of sp³-hybridized carbons (Fsp3) is 0.471. The average molecular weight is 286 g/mol. The number of methoxy groups -OCH3 is 1. The Morgan fingerprint density at radius 2 is 2.24 bits per heavy atom. The highest BCUT2D eigenvalue weighted by Gasteiger charge is 2.24. The zero-order valence-corrected chi connectivity index (χ0v) is 12.8. The number of ether oxygens (including phenoxy) is 1. The lowest BCUT2D eigenvalue weighted by atomic mass is 9.91. The number of benzene rings is 1. The fourth-order valence-corrected chi connectivity index (χ4v) is 3.01. The Hall–Kier alpha value is -1.97. The van der Waals surface area contributed by atoms with E-state index >= 15 is 0 Å². The molecule has 21 heavy (non-hydrogen) atoms. The van der Waals surface area contributed by atoms with Crippen molar-refractivity contribution in [2.24, 2.45) is 5.92 Å². The van der Waals surface area contributed by atoms with Gasteiger partial charge in [-0.3, -0.25) is 4.79 Å². The summed E-state index contributed by atoms with van der Waals surface area (Å²) in [6.07, 6.45) is 2.87. The highest BCUT2D eigenvalue weighted by atomic mass is 16.5. The Balaban J connectivity index is 1.88. The maximum absolute atomic E-state index is 11.9. The Labute approximate surface area is 124 Å². The molecular weight excluding hydrogens is 264 g/mol. The number of aromatic nitrogens is 1. The average Bonchev–Trinajstić information content (AvgIpc) is 2.84. The van der Waals surface area contributed by atoms with Gasteiger partial charge in [0.1, 0.15) is 5.75 Å². The first-order valence-corrected chi connectivity index (χ1v) is 7.56. The second-order valence-electron chi connectivity index (χ2n) is 6.10. The molecule has 1 atom stereocenters. The SMILES string of the molecule is COc1ccc2[nH]c3c(c2c1)CC(NC(=O)C(C)C)CC3. The van der Waals surface area contributed by atoms with E-state index in [2.05, 4.69) is 22.4 Å². The van der Waals surface area contributed by atoms with E-state index in [1.54, 1.807) is 7.11 Å². The van der Waals surface area contributed by atoms with E-state index in [-0.39, 0.29) is 17.9 Å². The topological polar surface area (TPSA) is 54.1 Å². The van der Waals surface area contributed by atoms with Gasteiger partial charge in [0.2, 0.25) is 5.91 Å². The molecule has 1 amide bonds. The molecule has 4 nitrogen and oxygen atoms in total. The number of nitrogens with one attached hydrogen (secondary N) is 2. The predicted octanol–water partition coefficient (Wildman–Crippen LogP) is 2.81. The van der Waals surface area contributed by atoms with Crippen molar-refractivity contribution in [3.63, 3.8) is 0 Å². The zero-order valence-electron chi connectivity index (χ0n) is 12.8. The van der Waals surface area contributed by atoms with Crippen molar-refractivity contribution in [2.75, 3.05) is 7.11 Å².